The van der Waals surface area contributed by atoms with E-state index < -0.39 is 24.5 Å². The van der Waals surface area contributed by atoms with Crippen LogP contribution in [0, 0.1) is 0 Å². The van der Waals surface area contributed by atoms with Gasteiger partial charge in [0.2, 0.25) is 6.79 Å². The van der Waals surface area contributed by atoms with Crippen LogP contribution in [0.5, 0.6) is 11.5 Å². The monoisotopic (exact) mass is 400 g/mol. The summed E-state index contributed by atoms with van der Waals surface area (Å²) in [6.07, 6.45) is -4.49. The molecule has 0 radical (unpaired) electrons. The second-order valence-electron chi connectivity index (χ2n) is 5.52. The lowest BCUT2D eigenvalue weighted by Crippen LogP contribution is -2.33. The van der Waals surface area contributed by atoms with Gasteiger partial charge in [-0.05, 0) is 36.4 Å². The molecule has 0 spiro atoms. The van der Waals surface area contributed by atoms with Crippen LogP contribution in [-0.2, 0) is 0 Å². The number of anilines is 1. The van der Waals surface area contributed by atoms with Crippen molar-refractivity contribution in [2.24, 2.45) is 0 Å². The molecule has 1 aliphatic rings. The number of carbonyl (C=O) groups excluding carboxylic acids is 2. The molecule has 2 aromatic rings. The maximum atomic E-state index is 12.3. The maximum absolute atomic E-state index is 12.3. The summed E-state index contributed by atoms with van der Waals surface area (Å²) in [6, 6.07) is 8.29. The highest BCUT2D eigenvalue weighted by atomic mass is 35.5. The third-order valence-corrected chi connectivity index (χ3v) is 3.82. The Kier molecular flexibility index (Phi) is 5.13. The summed E-state index contributed by atoms with van der Waals surface area (Å²) in [6.45, 7) is -1.41. The van der Waals surface area contributed by atoms with Crippen LogP contribution >= 0.6 is 11.6 Å². The Bertz CT molecular complexity index is 885. The normalized spacial score (nSPS) is 12.6. The lowest BCUT2D eigenvalue weighted by molar-refractivity contribution is -0.123. The standard InChI is InChI=1S/C17H12ClF3N2O4/c18-12-5-10(6-13-14(12)27-8-26-13)16(25)23-11-3-1-9(2-4-11)15(24)22-7-17(19,20)21/h1-6H,7-8H2,(H,22,24)(H,23,25). The van der Waals surface area contributed by atoms with Gasteiger partial charge in [0.1, 0.15) is 6.54 Å². The first-order valence-corrected chi connectivity index (χ1v) is 7.96. The first-order valence-electron chi connectivity index (χ1n) is 7.58. The smallest absolute Gasteiger partial charge is 0.405 e. The summed E-state index contributed by atoms with van der Waals surface area (Å²) in [4.78, 5) is 24.0. The molecule has 1 heterocycles. The lowest BCUT2D eigenvalue weighted by Gasteiger charge is -2.10. The van der Waals surface area contributed by atoms with Crippen molar-refractivity contribution in [2.45, 2.75) is 6.18 Å². The van der Waals surface area contributed by atoms with Crippen molar-refractivity contribution in [3.8, 4) is 11.5 Å². The number of amides is 2. The molecule has 0 aliphatic carbocycles. The third-order valence-electron chi connectivity index (χ3n) is 3.54. The van der Waals surface area contributed by atoms with E-state index in [-0.39, 0.29) is 22.9 Å². The average Bonchev–Trinajstić information content (AvgIpc) is 3.09. The van der Waals surface area contributed by atoms with Gasteiger partial charge in [-0.3, -0.25) is 9.59 Å². The molecule has 0 unspecified atom stereocenters. The van der Waals surface area contributed by atoms with Gasteiger partial charge in [-0.25, -0.2) is 0 Å². The fourth-order valence-electron chi connectivity index (χ4n) is 2.29. The molecule has 142 valence electrons. The molecular formula is C17H12ClF3N2O4. The lowest BCUT2D eigenvalue weighted by atomic mass is 10.1. The van der Waals surface area contributed by atoms with E-state index in [4.69, 9.17) is 21.1 Å². The highest BCUT2D eigenvalue weighted by Gasteiger charge is 2.28. The van der Waals surface area contributed by atoms with Crippen LogP contribution in [0.15, 0.2) is 36.4 Å². The van der Waals surface area contributed by atoms with E-state index in [1.807, 2.05) is 0 Å². The van der Waals surface area contributed by atoms with Gasteiger partial charge in [0.05, 0.1) is 5.02 Å². The molecule has 3 rings (SSSR count). The number of ether oxygens (including phenoxy) is 2. The van der Waals surface area contributed by atoms with Gasteiger partial charge in [-0.1, -0.05) is 11.6 Å². The zero-order chi connectivity index (χ0) is 19.6. The van der Waals surface area contributed by atoms with Crippen LogP contribution in [0.4, 0.5) is 18.9 Å². The molecular weight excluding hydrogens is 389 g/mol. The van der Waals surface area contributed by atoms with Gasteiger partial charge in [-0.15, -0.1) is 0 Å². The summed E-state index contributed by atoms with van der Waals surface area (Å²) >= 11 is 6.03. The van der Waals surface area contributed by atoms with Crippen LogP contribution in [0.2, 0.25) is 5.02 Å². The van der Waals surface area contributed by atoms with Crippen LogP contribution < -0.4 is 20.1 Å². The quantitative estimate of drug-likeness (QED) is 0.822. The van der Waals surface area contributed by atoms with Crippen molar-refractivity contribution in [3.63, 3.8) is 0 Å². The summed E-state index contributed by atoms with van der Waals surface area (Å²) in [5.74, 6) is -0.635. The minimum atomic E-state index is -4.49. The number of benzene rings is 2. The second-order valence-corrected chi connectivity index (χ2v) is 5.93. The second kappa shape index (κ2) is 7.36. The van der Waals surface area contributed by atoms with Crippen molar-refractivity contribution in [1.82, 2.24) is 5.32 Å². The van der Waals surface area contributed by atoms with Crippen LogP contribution in [0.25, 0.3) is 0 Å². The van der Waals surface area contributed by atoms with Crippen molar-refractivity contribution in [2.75, 3.05) is 18.7 Å². The largest absolute Gasteiger partial charge is 0.454 e. The molecule has 0 aromatic heterocycles. The molecule has 6 nitrogen and oxygen atoms in total. The molecule has 0 saturated carbocycles. The minimum absolute atomic E-state index is 0.0119. The highest BCUT2D eigenvalue weighted by molar-refractivity contribution is 6.32. The first-order chi connectivity index (χ1) is 12.7. The predicted molar refractivity (Wildman–Crippen MR) is 90.4 cm³/mol. The number of carbonyl (C=O) groups is 2. The van der Waals surface area contributed by atoms with Gasteiger partial charge < -0.3 is 20.1 Å². The van der Waals surface area contributed by atoms with Crippen LogP contribution in [0.3, 0.4) is 0 Å². The number of halogens is 4. The van der Waals surface area contributed by atoms with Crippen molar-refractivity contribution < 1.29 is 32.2 Å². The van der Waals surface area contributed by atoms with E-state index in [1.54, 1.807) is 5.32 Å². The fraction of sp³-hybridized carbons (Fsp3) is 0.176. The summed E-state index contributed by atoms with van der Waals surface area (Å²) in [5.41, 5.74) is 0.612. The van der Waals surface area contributed by atoms with Gasteiger partial charge >= 0.3 is 6.18 Å². The number of alkyl halides is 3. The Morgan fingerprint density at radius 1 is 1.04 bits per heavy atom. The summed E-state index contributed by atoms with van der Waals surface area (Å²) in [7, 11) is 0. The van der Waals surface area contributed by atoms with Crippen molar-refractivity contribution >= 4 is 29.1 Å². The average molecular weight is 401 g/mol. The SMILES string of the molecule is O=C(NCC(F)(F)F)c1ccc(NC(=O)c2cc(Cl)c3c(c2)OCO3)cc1. The third kappa shape index (κ3) is 4.62. The predicted octanol–water partition coefficient (Wildman–Crippen LogP) is 3.61. The zero-order valence-electron chi connectivity index (χ0n) is 13.5. The van der Waals surface area contributed by atoms with Gasteiger partial charge in [0.25, 0.3) is 11.8 Å². The fourth-order valence-corrected chi connectivity index (χ4v) is 2.55. The Balaban J connectivity index is 1.65. The molecule has 2 aromatic carbocycles. The molecule has 2 amide bonds. The molecule has 0 fully saturated rings. The molecule has 10 heteroatoms. The summed E-state index contributed by atoms with van der Waals surface area (Å²) in [5, 5.41) is 4.59. The van der Waals surface area contributed by atoms with Crippen molar-refractivity contribution in [1.29, 1.82) is 0 Å². The minimum Gasteiger partial charge on any atom is -0.454 e. The Morgan fingerprint density at radius 3 is 2.41 bits per heavy atom. The molecule has 0 bridgehead atoms. The zero-order valence-corrected chi connectivity index (χ0v) is 14.3. The van der Waals surface area contributed by atoms with E-state index >= 15 is 0 Å². The van der Waals surface area contributed by atoms with Gasteiger partial charge in [0.15, 0.2) is 11.5 Å². The number of fused-ring (bicyclic) bond motifs is 1. The maximum Gasteiger partial charge on any atom is 0.405 e. The number of rotatable bonds is 4. The summed E-state index contributed by atoms with van der Waals surface area (Å²) < 4.78 is 46.7. The van der Waals surface area contributed by atoms with E-state index in [0.717, 1.165) is 0 Å². The number of hydrogen-bond acceptors (Lipinski definition) is 4. The van der Waals surface area contributed by atoms with E-state index in [0.29, 0.717) is 17.2 Å². The number of hydrogen-bond donors (Lipinski definition) is 2. The first kappa shape index (κ1) is 18.8. The van der Waals surface area contributed by atoms with Crippen LogP contribution in [0.1, 0.15) is 20.7 Å². The molecule has 2 N–H and O–H groups in total. The Morgan fingerprint density at radius 2 is 1.74 bits per heavy atom. The molecule has 27 heavy (non-hydrogen) atoms. The topological polar surface area (TPSA) is 76.7 Å². The van der Waals surface area contributed by atoms with E-state index in [2.05, 4.69) is 5.32 Å². The number of nitrogens with one attached hydrogen (secondary N) is 2. The molecule has 1 aliphatic heterocycles. The Labute approximate surface area is 156 Å². The van der Waals surface area contributed by atoms with Crippen molar-refractivity contribution in [3.05, 3.63) is 52.5 Å². The van der Waals surface area contributed by atoms with Crippen LogP contribution in [-0.4, -0.2) is 31.3 Å². The molecule has 0 atom stereocenters. The van der Waals surface area contributed by atoms with Gasteiger partial charge in [0, 0.05) is 16.8 Å². The van der Waals surface area contributed by atoms with E-state index in [1.165, 1.54) is 36.4 Å². The van der Waals surface area contributed by atoms with Gasteiger partial charge in [-0.2, -0.15) is 13.2 Å². The highest BCUT2D eigenvalue weighted by Crippen LogP contribution is 2.39. The Hall–Kier alpha value is -2.94. The van der Waals surface area contributed by atoms with E-state index in [9.17, 15) is 22.8 Å². The molecule has 0 saturated heterocycles.